The topological polar surface area (TPSA) is 0 Å². The first kappa shape index (κ1) is 22.1. The molecule has 0 amide bonds. The zero-order chi connectivity index (χ0) is 19.2. The molecule has 0 saturated heterocycles. The van der Waals surface area contributed by atoms with Gasteiger partial charge in [0, 0.05) is 0 Å². The summed E-state index contributed by atoms with van der Waals surface area (Å²) in [4.78, 5) is 0. The predicted molar refractivity (Wildman–Crippen MR) is 127 cm³/mol. The Labute approximate surface area is 189 Å². The van der Waals surface area contributed by atoms with Gasteiger partial charge in [-0.3, -0.25) is 0 Å². The third kappa shape index (κ3) is 5.29. The van der Waals surface area contributed by atoms with E-state index in [4.69, 9.17) is 6.92 Å². The summed E-state index contributed by atoms with van der Waals surface area (Å²) in [5, 5.41) is 5.84. The Morgan fingerprint density at radius 3 is 0.828 bits per heavy atom. The molecule has 4 aromatic rings. The van der Waals surface area contributed by atoms with Crippen molar-refractivity contribution in [3.05, 3.63) is 128 Å². The second-order valence-corrected chi connectivity index (χ2v) is 11.8. The monoisotopic (exact) mass is 499 g/mol. The number of hydrogen-bond acceptors (Lipinski definition) is 0. The van der Waals surface area contributed by atoms with Crippen molar-refractivity contribution in [3.8, 4) is 0 Å². The molecule has 0 spiro atoms. The Kier molecular flexibility index (Phi) is 8.33. The zero-order valence-electron chi connectivity index (χ0n) is 16.1. The van der Waals surface area contributed by atoms with Crippen LogP contribution < -0.4 is 21.2 Å². The fourth-order valence-electron chi connectivity index (χ4n) is 3.46. The summed E-state index contributed by atoms with van der Waals surface area (Å²) in [7, 11) is -1.16. The van der Waals surface area contributed by atoms with Crippen molar-refractivity contribution in [2.75, 3.05) is 0 Å². The van der Waals surface area contributed by atoms with Crippen LogP contribution in [0.15, 0.2) is 121 Å². The maximum Gasteiger partial charge on any atom is 1.00 e. The molecule has 1 radical (unpaired) electrons. The van der Waals surface area contributed by atoms with Crippen LogP contribution in [-0.4, -0.2) is 5.40 Å². The number of hydrogen-bond donors (Lipinski definition) is 0. The van der Waals surface area contributed by atoms with E-state index in [0.29, 0.717) is 0 Å². The summed E-state index contributed by atoms with van der Waals surface area (Å²) in [6.45, 7) is 4.80. The molecule has 3 heteroatoms. The summed E-state index contributed by atoms with van der Waals surface area (Å²) in [5.74, 6) is 0. The normalized spacial score (nSPS) is 10.9. The van der Waals surface area contributed by atoms with E-state index in [1.165, 1.54) is 21.2 Å². The molecule has 0 saturated carbocycles. The summed E-state index contributed by atoms with van der Waals surface area (Å²) < 4.78 is 0. The van der Waals surface area contributed by atoms with E-state index in [2.05, 4.69) is 121 Å². The van der Waals surface area contributed by atoms with Crippen LogP contribution in [0.3, 0.4) is 0 Å². The maximum absolute atomic E-state index is 4.80. The van der Waals surface area contributed by atoms with Crippen molar-refractivity contribution in [2.24, 2.45) is 0 Å². The Bertz CT molecular complexity index is 814. The Balaban J connectivity index is 0.00000240. The van der Waals surface area contributed by atoms with E-state index in [1.807, 2.05) is 0 Å². The van der Waals surface area contributed by atoms with Crippen LogP contribution in [-0.2, 0) is 19.5 Å². The standard InChI is InChI=1S/C26H23P2.Ru/c1-22(27(23-14-6-2-7-15-23)24-16-8-3-9-17-24)28(25-18-10-4-11-19-25)26-20-12-5-13-21-26;/h2-22H,1H2;/q-1;+1. The molecule has 145 valence electrons. The van der Waals surface area contributed by atoms with Crippen LogP contribution in [0.4, 0.5) is 0 Å². The van der Waals surface area contributed by atoms with Crippen molar-refractivity contribution in [2.45, 2.75) is 5.40 Å². The van der Waals surface area contributed by atoms with E-state index < -0.39 is 15.8 Å². The Morgan fingerprint density at radius 1 is 0.414 bits per heavy atom. The molecule has 0 atom stereocenters. The molecule has 0 fully saturated rings. The van der Waals surface area contributed by atoms with Gasteiger partial charge in [-0.05, 0) is 21.2 Å². The molecular weight excluding hydrogens is 475 g/mol. The van der Waals surface area contributed by atoms with Gasteiger partial charge in [-0.25, -0.2) is 0 Å². The van der Waals surface area contributed by atoms with Crippen LogP contribution in [0.5, 0.6) is 0 Å². The van der Waals surface area contributed by atoms with Gasteiger partial charge in [0.1, 0.15) is 0 Å². The molecule has 0 nitrogen and oxygen atoms in total. The van der Waals surface area contributed by atoms with Crippen LogP contribution >= 0.6 is 15.8 Å². The molecule has 4 rings (SSSR count). The van der Waals surface area contributed by atoms with E-state index in [9.17, 15) is 0 Å². The predicted octanol–water partition coefficient (Wildman–Crippen LogP) is 5.41. The van der Waals surface area contributed by atoms with Gasteiger partial charge in [-0.1, -0.05) is 137 Å². The first-order chi connectivity index (χ1) is 13.8. The minimum Gasteiger partial charge on any atom is -0.331 e. The van der Waals surface area contributed by atoms with Gasteiger partial charge in [0.2, 0.25) is 0 Å². The second kappa shape index (κ2) is 10.9. The van der Waals surface area contributed by atoms with E-state index in [-0.39, 0.29) is 24.9 Å². The van der Waals surface area contributed by atoms with Crippen molar-refractivity contribution >= 4 is 37.1 Å². The summed E-state index contributed by atoms with van der Waals surface area (Å²) >= 11 is 0. The minimum absolute atomic E-state index is 0. The minimum atomic E-state index is -0.581. The molecule has 0 heterocycles. The molecule has 0 unspecified atom stereocenters. The van der Waals surface area contributed by atoms with Gasteiger partial charge in [0.05, 0.1) is 0 Å². The summed E-state index contributed by atoms with van der Waals surface area (Å²) in [6.07, 6.45) is 0. The Hall–Kier alpha value is -1.64. The molecule has 0 aliphatic rings. The van der Waals surface area contributed by atoms with Gasteiger partial charge in [0.25, 0.3) is 0 Å². The average Bonchev–Trinajstić information content (AvgIpc) is 2.77. The van der Waals surface area contributed by atoms with Crippen LogP contribution in [0.25, 0.3) is 0 Å². The smallest absolute Gasteiger partial charge is 0.331 e. The van der Waals surface area contributed by atoms with Gasteiger partial charge in [0.15, 0.2) is 0 Å². The molecule has 0 aromatic heterocycles. The van der Waals surface area contributed by atoms with Crippen LogP contribution in [0.2, 0.25) is 0 Å². The fourth-order valence-corrected chi connectivity index (χ4v) is 9.93. The van der Waals surface area contributed by atoms with Crippen molar-refractivity contribution in [1.82, 2.24) is 0 Å². The van der Waals surface area contributed by atoms with E-state index in [1.54, 1.807) is 0 Å². The molecule has 0 aliphatic carbocycles. The largest absolute Gasteiger partial charge is 1.00 e. The number of benzene rings is 4. The Morgan fingerprint density at radius 2 is 0.621 bits per heavy atom. The SMILES string of the molecule is [CH2-]C(P(c1ccccc1)c1ccccc1)P(c1ccccc1)c1ccccc1.[Ru+]. The molecule has 0 bridgehead atoms. The van der Waals surface area contributed by atoms with Gasteiger partial charge in [-0.15, -0.1) is 5.40 Å². The van der Waals surface area contributed by atoms with Crippen LogP contribution in [0, 0.1) is 6.92 Å². The average molecular weight is 498 g/mol. The fraction of sp³-hybridized carbons (Fsp3) is 0.0385. The van der Waals surface area contributed by atoms with Crippen molar-refractivity contribution < 1.29 is 19.5 Å². The van der Waals surface area contributed by atoms with Crippen molar-refractivity contribution in [1.29, 1.82) is 0 Å². The van der Waals surface area contributed by atoms with Gasteiger partial charge >= 0.3 is 19.5 Å². The van der Waals surface area contributed by atoms with Crippen LogP contribution in [0.1, 0.15) is 0 Å². The number of rotatable bonds is 6. The van der Waals surface area contributed by atoms with Gasteiger partial charge in [-0.2, -0.15) is 0 Å². The summed E-state index contributed by atoms with van der Waals surface area (Å²) in [5.41, 5.74) is 0. The molecule has 0 N–H and O–H groups in total. The maximum atomic E-state index is 4.80. The molecule has 29 heavy (non-hydrogen) atoms. The molecule has 4 aromatic carbocycles. The first-order valence-electron chi connectivity index (χ1n) is 9.46. The van der Waals surface area contributed by atoms with E-state index >= 15 is 0 Å². The van der Waals surface area contributed by atoms with Gasteiger partial charge < -0.3 is 6.92 Å². The summed E-state index contributed by atoms with van der Waals surface area (Å²) in [6, 6.07) is 43.7. The molecule has 0 aliphatic heterocycles. The quantitative estimate of drug-likeness (QED) is 0.190. The van der Waals surface area contributed by atoms with E-state index in [0.717, 1.165) is 0 Å². The molecular formula is C26H23P2Ru. The third-order valence-corrected chi connectivity index (χ3v) is 10.7. The zero-order valence-corrected chi connectivity index (χ0v) is 19.6. The van der Waals surface area contributed by atoms with Crippen molar-refractivity contribution in [3.63, 3.8) is 0 Å². The first-order valence-corrected chi connectivity index (χ1v) is 12.3. The third-order valence-electron chi connectivity index (χ3n) is 4.73. The second-order valence-electron chi connectivity index (χ2n) is 6.56.